The molecule has 0 aromatic heterocycles. The van der Waals surface area contributed by atoms with Crippen molar-refractivity contribution >= 4 is 11.9 Å². The Labute approximate surface area is 101 Å². The van der Waals surface area contributed by atoms with E-state index in [0.29, 0.717) is 17.9 Å². The van der Waals surface area contributed by atoms with Gasteiger partial charge in [0.05, 0.1) is 6.61 Å². The molecule has 1 rings (SSSR count). The quantitative estimate of drug-likeness (QED) is 0.458. The molecule has 0 unspecified atom stereocenters. The van der Waals surface area contributed by atoms with E-state index in [4.69, 9.17) is 9.47 Å². The Morgan fingerprint density at radius 3 is 2.24 bits per heavy atom. The van der Waals surface area contributed by atoms with Gasteiger partial charge in [0.25, 0.3) is 0 Å². The fourth-order valence-corrected chi connectivity index (χ4v) is 1.12. The van der Waals surface area contributed by atoms with E-state index in [0.717, 1.165) is 0 Å². The Morgan fingerprint density at radius 2 is 1.76 bits per heavy atom. The van der Waals surface area contributed by atoms with Gasteiger partial charge < -0.3 is 9.47 Å². The van der Waals surface area contributed by atoms with Gasteiger partial charge in [0, 0.05) is 5.56 Å². The van der Waals surface area contributed by atoms with Crippen molar-refractivity contribution in [2.24, 2.45) is 5.92 Å². The molecule has 4 heteroatoms. The lowest BCUT2D eigenvalue weighted by Gasteiger charge is -2.07. The van der Waals surface area contributed by atoms with Crippen LogP contribution in [0.1, 0.15) is 31.1 Å². The Bertz CT molecular complexity index is 392. The molecule has 0 atom stereocenters. The van der Waals surface area contributed by atoms with Crippen LogP contribution >= 0.6 is 0 Å². The second-order valence-corrected chi connectivity index (χ2v) is 4.14. The van der Waals surface area contributed by atoms with E-state index >= 15 is 0 Å². The fourth-order valence-electron chi connectivity index (χ4n) is 1.12. The molecule has 0 radical (unpaired) electrons. The second kappa shape index (κ2) is 6.03. The Morgan fingerprint density at radius 1 is 1.18 bits per heavy atom. The van der Waals surface area contributed by atoms with Crippen LogP contribution < -0.4 is 4.74 Å². The molecule has 0 saturated carbocycles. The topological polar surface area (TPSA) is 52.6 Å². The predicted octanol–water partition coefficient (Wildman–Crippen LogP) is 3.06. The first-order chi connectivity index (χ1) is 7.99. The zero-order chi connectivity index (χ0) is 12.8. The molecule has 0 aliphatic heterocycles. The first-order valence-corrected chi connectivity index (χ1v) is 5.44. The van der Waals surface area contributed by atoms with Gasteiger partial charge in [-0.3, -0.25) is 4.79 Å². The fraction of sp³-hybridized carbons (Fsp3) is 0.385. The largest absolute Gasteiger partial charge is 0.513 e. The van der Waals surface area contributed by atoms with Gasteiger partial charge in [-0.05, 0) is 37.1 Å². The van der Waals surface area contributed by atoms with Gasteiger partial charge in [-0.15, -0.1) is 0 Å². The SMILES string of the molecule is CC(=O)c1ccc(OC(=O)OCC(C)C)cc1. The summed E-state index contributed by atoms with van der Waals surface area (Å²) in [7, 11) is 0. The number of benzene rings is 1. The third kappa shape index (κ3) is 4.68. The third-order valence-corrected chi connectivity index (χ3v) is 2.00. The zero-order valence-electron chi connectivity index (χ0n) is 10.2. The van der Waals surface area contributed by atoms with E-state index in [1.165, 1.54) is 6.92 Å². The molecule has 92 valence electrons. The van der Waals surface area contributed by atoms with Crippen molar-refractivity contribution in [3.63, 3.8) is 0 Å². The maximum absolute atomic E-state index is 11.2. The maximum atomic E-state index is 11.2. The number of rotatable bonds is 4. The number of hydrogen-bond acceptors (Lipinski definition) is 4. The van der Waals surface area contributed by atoms with Crippen molar-refractivity contribution in [2.75, 3.05) is 6.61 Å². The van der Waals surface area contributed by atoms with Crippen molar-refractivity contribution in [1.29, 1.82) is 0 Å². The summed E-state index contributed by atoms with van der Waals surface area (Å²) < 4.78 is 9.78. The molecule has 0 bridgehead atoms. The normalized spacial score (nSPS) is 10.1. The van der Waals surface area contributed by atoms with Gasteiger partial charge in [-0.25, -0.2) is 4.79 Å². The Hall–Kier alpha value is -1.84. The monoisotopic (exact) mass is 236 g/mol. The molecule has 0 saturated heterocycles. The molecule has 0 aliphatic rings. The molecule has 1 aromatic carbocycles. The van der Waals surface area contributed by atoms with Crippen LogP contribution in [0, 0.1) is 5.92 Å². The third-order valence-electron chi connectivity index (χ3n) is 2.00. The van der Waals surface area contributed by atoms with Crippen molar-refractivity contribution in [2.45, 2.75) is 20.8 Å². The van der Waals surface area contributed by atoms with Crippen molar-refractivity contribution in [3.05, 3.63) is 29.8 Å². The lowest BCUT2D eigenvalue weighted by atomic mass is 10.1. The molecule has 4 nitrogen and oxygen atoms in total. The van der Waals surface area contributed by atoms with Crippen LogP contribution in [0.2, 0.25) is 0 Å². The summed E-state index contributed by atoms with van der Waals surface area (Å²) in [4.78, 5) is 22.2. The van der Waals surface area contributed by atoms with Gasteiger partial charge >= 0.3 is 6.16 Å². The lowest BCUT2D eigenvalue weighted by Crippen LogP contribution is -2.14. The minimum Gasteiger partial charge on any atom is -0.434 e. The van der Waals surface area contributed by atoms with Crippen LogP contribution in [0.4, 0.5) is 4.79 Å². The second-order valence-electron chi connectivity index (χ2n) is 4.14. The van der Waals surface area contributed by atoms with Crippen LogP contribution in [0.5, 0.6) is 5.75 Å². The van der Waals surface area contributed by atoms with Crippen molar-refractivity contribution in [1.82, 2.24) is 0 Å². The molecule has 1 aromatic rings. The molecular formula is C13H16O4. The summed E-state index contributed by atoms with van der Waals surface area (Å²) in [6, 6.07) is 6.33. The van der Waals surface area contributed by atoms with Crippen molar-refractivity contribution < 1.29 is 19.1 Å². The average Bonchev–Trinajstić information content (AvgIpc) is 2.27. The molecular weight excluding hydrogens is 220 g/mol. The number of carbonyl (C=O) groups excluding carboxylic acids is 2. The highest BCUT2D eigenvalue weighted by Crippen LogP contribution is 2.13. The van der Waals surface area contributed by atoms with Gasteiger partial charge in [0.15, 0.2) is 5.78 Å². The van der Waals surface area contributed by atoms with Crippen LogP contribution in [0.15, 0.2) is 24.3 Å². The first kappa shape index (κ1) is 13.2. The highest BCUT2D eigenvalue weighted by Gasteiger charge is 2.07. The van der Waals surface area contributed by atoms with E-state index in [9.17, 15) is 9.59 Å². The zero-order valence-corrected chi connectivity index (χ0v) is 10.2. The van der Waals surface area contributed by atoms with E-state index in [1.54, 1.807) is 24.3 Å². The first-order valence-electron chi connectivity index (χ1n) is 5.44. The number of ether oxygens (including phenoxy) is 2. The number of Topliss-reactive ketones (excluding diaryl/α,β-unsaturated/α-hetero) is 1. The van der Waals surface area contributed by atoms with Gasteiger partial charge in [0.2, 0.25) is 0 Å². The van der Waals surface area contributed by atoms with Crippen LogP contribution in [0.3, 0.4) is 0 Å². The molecule has 0 aliphatic carbocycles. The number of carbonyl (C=O) groups is 2. The highest BCUT2D eigenvalue weighted by molar-refractivity contribution is 5.94. The van der Waals surface area contributed by atoms with Gasteiger partial charge in [-0.2, -0.15) is 0 Å². The molecule has 0 amide bonds. The van der Waals surface area contributed by atoms with Crippen LogP contribution in [-0.4, -0.2) is 18.5 Å². The lowest BCUT2D eigenvalue weighted by molar-refractivity contribution is 0.0885. The van der Waals surface area contributed by atoms with Crippen LogP contribution in [0.25, 0.3) is 0 Å². The predicted molar refractivity (Wildman–Crippen MR) is 63.3 cm³/mol. The van der Waals surface area contributed by atoms with Gasteiger partial charge in [0.1, 0.15) is 5.75 Å². The number of ketones is 1. The van der Waals surface area contributed by atoms with E-state index < -0.39 is 6.16 Å². The summed E-state index contributed by atoms with van der Waals surface area (Å²) in [5.74, 6) is 0.602. The summed E-state index contributed by atoms with van der Waals surface area (Å²) in [5, 5.41) is 0. The van der Waals surface area contributed by atoms with Gasteiger partial charge in [-0.1, -0.05) is 13.8 Å². The average molecular weight is 236 g/mol. The minimum atomic E-state index is -0.728. The maximum Gasteiger partial charge on any atom is 0.513 e. The smallest absolute Gasteiger partial charge is 0.434 e. The minimum absolute atomic E-state index is 0.0288. The molecule has 17 heavy (non-hydrogen) atoms. The Balaban J connectivity index is 2.51. The summed E-state index contributed by atoms with van der Waals surface area (Å²) in [6.07, 6.45) is -0.728. The molecule has 0 N–H and O–H groups in total. The van der Waals surface area contributed by atoms with Crippen molar-refractivity contribution in [3.8, 4) is 5.75 Å². The summed E-state index contributed by atoms with van der Waals surface area (Å²) in [6.45, 7) is 5.68. The number of hydrogen-bond donors (Lipinski definition) is 0. The Kier molecular flexibility index (Phi) is 4.69. The molecule has 0 heterocycles. The molecule has 0 spiro atoms. The van der Waals surface area contributed by atoms with E-state index in [1.807, 2.05) is 13.8 Å². The van der Waals surface area contributed by atoms with E-state index in [-0.39, 0.29) is 11.7 Å². The van der Waals surface area contributed by atoms with E-state index in [2.05, 4.69) is 0 Å². The highest BCUT2D eigenvalue weighted by atomic mass is 16.7. The summed E-state index contributed by atoms with van der Waals surface area (Å²) >= 11 is 0. The standard InChI is InChI=1S/C13H16O4/c1-9(2)8-16-13(15)17-12-6-4-11(5-7-12)10(3)14/h4-7,9H,8H2,1-3H3. The molecule has 0 fully saturated rings. The summed E-state index contributed by atoms with van der Waals surface area (Å²) in [5.41, 5.74) is 0.577. The van der Waals surface area contributed by atoms with Crippen LogP contribution in [-0.2, 0) is 4.74 Å².